The molecule has 3 aromatic rings. The number of aryl methyl sites for hydroxylation is 2. The lowest BCUT2D eigenvalue weighted by atomic mass is 10.0. The van der Waals surface area contributed by atoms with Crippen molar-refractivity contribution in [1.29, 1.82) is 0 Å². The molecule has 0 unspecified atom stereocenters. The number of rotatable bonds is 4. The van der Waals surface area contributed by atoms with E-state index in [1.54, 1.807) is 45.2 Å². The molecule has 0 bridgehead atoms. The summed E-state index contributed by atoms with van der Waals surface area (Å²) in [6.45, 7) is 7.25. The normalized spacial score (nSPS) is 11.6. The van der Waals surface area contributed by atoms with Gasteiger partial charge in [0.05, 0.1) is 10.6 Å². The van der Waals surface area contributed by atoms with Crippen LogP contribution in [0.1, 0.15) is 22.3 Å². The largest absolute Gasteiger partial charge is 0.421 e. The van der Waals surface area contributed by atoms with E-state index in [0.717, 1.165) is 11.1 Å². The Morgan fingerprint density at radius 1 is 0.926 bits per heavy atom. The molecule has 2 aromatic carbocycles. The molecule has 0 aliphatic rings. The average molecular weight is 386 g/mol. The van der Waals surface area contributed by atoms with Gasteiger partial charge in [-0.25, -0.2) is 13.2 Å². The SMILES string of the molecule is CNc1c(NS(=O)(=O)c2c(C)c(C)cc(C)c2C)c(=O)oc2ccccc12. The Bertz CT molecular complexity index is 1180. The van der Waals surface area contributed by atoms with Crippen LogP contribution in [0, 0.1) is 27.7 Å². The number of benzene rings is 2. The van der Waals surface area contributed by atoms with Crippen molar-refractivity contribution in [2.24, 2.45) is 0 Å². The van der Waals surface area contributed by atoms with E-state index < -0.39 is 15.6 Å². The van der Waals surface area contributed by atoms with Crippen LogP contribution in [0.4, 0.5) is 11.4 Å². The first-order chi connectivity index (χ1) is 12.7. The fraction of sp³-hybridized carbons (Fsp3) is 0.250. The summed E-state index contributed by atoms with van der Waals surface area (Å²) < 4.78 is 34.1. The van der Waals surface area contributed by atoms with Crippen LogP contribution in [0.3, 0.4) is 0 Å². The lowest BCUT2D eigenvalue weighted by Gasteiger charge is -2.18. The van der Waals surface area contributed by atoms with Crippen molar-refractivity contribution in [2.75, 3.05) is 17.1 Å². The predicted octanol–water partition coefficient (Wildman–Crippen LogP) is 3.87. The summed E-state index contributed by atoms with van der Waals surface area (Å²) in [5, 5.41) is 3.54. The fourth-order valence-corrected chi connectivity index (χ4v) is 4.96. The Labute approximate surface area is 158 Å². The Balaban J connectivity index is 2.24. The number of anilines is 2. The van der Waals surface area contributed by atoms with E-state index in [-0.39, 0.29) is 10.6 Å². The number of para-hydroxylation sites is 1. The summed E-state index contributed by atoms with van der Waals surface area (Å²) in [4.78, 5) is 12.7. The molecular formula is C20H22N2O4S. The second-order valence-corrected chi connectivity index (χ2v) is 8.20. The van der Waals surface area contributed by atoms with Gasteiger partial charge >= 0.3 is 5.63 Å². The molecule has 0 spiro atoms. The van der Waals surface area contributed by atoms with Gasteiger partial charge in [-0.3, -0.25) is 4.72 Å². The molecule has 1 aromatic heterocycles. The molecule has 27 heavy (non-hydrogen) atoms. The third-order valence-electron chi connectivity index (χ3n) is 4.87. The highest BCUT2D eigenvalue weighted by atomic mass is 32.2. The number of sulfonamides is 1. The van der Waals surface area contributed by atoms with Crippen LogP contribution in [0.2, 0.25) is 0 Å². The zero-order valence-corrected chi connectivity index (χ0v) is 16.7. The maximum Gasteiger partial charge on any atom is 0.363 e. The zero-order valence-electron chi connectivity index (χ0n) is 15.9. The first kappa shape index (κ1) is 19.0. The van der Waals surface area contributed by atoms with Crippen molar-refractivity contribution in [2.45, 2.75) is 32.6 Å². The van der Waals surface area contributed by atoms with Crippen LogP contribution in [0.15, 0.2) is 44.4 Å². The quantitative estimate of drug-likeness (QED) is 0.665. The van der Waals surface area contributed by atoms with Crippen molar-refractivity contribution < 1.29 is 12.8 Å². The molecule has 0 fully saturated rings. The second-order valence-electron chi connectivity index (χ2n) is 6.58. The van der Waals surface area contributed by atoms with Gasteiger partial charge in [-0.05, 0) is 62.1 Å². The summed E-state index contributed by atoms with van der Waals surface area (Å²) >= 11 is 0. The third-order valence-corrected chi connectivity index (χ3v) is 6.49. The van der Waals surface area contributed by atoms with E-state index in [4.69, 9.17) is 4.42 Å². The first-order valence-corrected chi connectivity index (χ1v) is 9.99. The van der Waals surface area contributed by atoms with Crippen LogP contribution < -0.4 is 15.7 Å². The summed E-state index contributed by atoms with van der Waals surface area (Å²) in [6, 6.07) is 8.91. The average Bonchev–Trinajstić information content (AvgIpc) is 2.60. The molecule has 0 saturated carbocycles. The van der Waals surface area contributed by atoms with Gasteiger partial charge < -0.3 is 9.73 Å². The molecule has 142 valence electrons. The van der Waals surface area contributed by atoms with Crippen molar-refractivity contribution in [3.05, 3.63) is 63.0 Å². The monoisotopic (exact) mass is 386 g/mol. The number of hydrogen-bond acceptors (Lipinski definition) is 5. The van der Waals surface area contributed by atoms with Gasteiger partial charge in [-0.15, -0.1) is 0 Å². The minimum absolute atomic E-state index is 0.130. The van der Waals surface area contributed by atoms with Crippen LogP contribution in [-0.2, 0) is 10.0 Å². The molecular weight excluding hydrogens is 364 g/mol. The minimum atomic E-state index is -3.99. The zero-order chi connectivity index (χ0) is 19.9. The first-order valence-electron chi connectivity index (χ1n) is 8.51. The van der Waals surface area contributed by atoms with E-state index in [0.29, 0.717) is 27.8 Å². The standard InChI is InChI=1S/C20H22N2O4S/c1-11-10-12(2)14(4)19(13(11)3)27(24,25)22-18-17(21-5)15-8-6-7-9-16(15)26-20(18)23/h6-10,21-22H,1-5H3. The van der Waals surface area contributed by atoms with Crippen LogP contribution in [0.5, 0.6) is 0 Å². The molecule has 7 heteroatoms. The van der Waals surface area contributed by atoms with Crippen LogP contribution in [-0.4, -0.2) is 15.5 Å². The Morgan fingerprint density at radius 2 is 1.52 bits per heavy atom. The molecule has 0 amide bonds. The summed E-state index contributed by atoms with van der Waals surface area (Å²) in [6.07, 6.45) is 0. The molecule has 1 heterocycles. The summed E-state index contributed by atoms with van der Waals surface area (Å²) in [7, 11) is -2.36. The molecule has 2 N–H and O–H groups in total. The lowest BCUT2D eigenvalue weighted by molar-refractivity contribution is 0.563. The highest BCUT2D eigenvalue weighted by molar-refractivity contribution is 7.92. The lowest BCUT2D eigenvalue weighted by Crippen LogP contribution is -2.22. The Hall–Kier alpha value is -2.80. The molecule has 0 aliphatic carbocycles. The maximum atomic E-state index is 13.2. The van der Waals surface area contributed by atoms with E-state index in [2.05, 4.69) is 10.0 Å². The van der Waals surface area contributed by atoms with Gasteiger partial charge in [0.15, 0.2) is 5.69 Å². The number of nitrogens with one attached hydrogen (secondary N) is 2. The minimum Gasteiger partial charge on any atom is -0.421 e. The van der Waals surface area contributed by atoms with Gasteiger partial charge in [0.25, 0.3) is 10.0 Å². The molecule has 0 saturated heterocycles. The third kappa shape index (κ3) is 3.19. The van der Waals surface area contributed by atoms with Crippen LogP contribution >= 0.6 is 0 Å². The molecule has 0 aliphatic heterocycles. The fourth-order valence-electron chi connectivity index (χ4n) is 3.27. The second kappa shape index (κ2) is 6.74. The Kier molecular flexibility index (Phi) is 4.73. The smallest absolute Gasteiger partial charge is 0.363 e. The predicted molar refractivity (Wildman–Crippen MR) is 108 cm³/mol. The van der Waals surface area contributed by atoms with Crippen molar-refractivity contribution in [1.82, 2.24) is 0 Å². The van der Waals surface area contributed by atoms with Gasteiger partial charge in [0.1, 0.15) is 5.58 Å². The molecule has 0 atom stereocenters. The van der Waals surface area contributed by atoms with Gasteiger partial charge in [-0.1, -0.05) is 18.2 Å². The van der Waals surface area contributed by atoms with Gasteiger partial charge in [0.2, 0.25) is 0 Å². The van der Waals surface area contributed by atoms with Gasteiger partial charge in [0, 0.05) is 12.4 Å². The summed E-state index contributed by atoms with van der Waals surface area (Å²) in [5.74, 6) is 0. The molecule has 3 rings (SSSR count). The van der Waals surface area contributed by atoms with Crippen molar-refractivity contribution in [3.8, 4) is 0 Å². The van der Waals surface area contributed by atoms with E-state index in [9.17, 15) is 13.2 Å². The molecule has 0 radical (unpaired) electrons. The highest BCUT2D eigenvalue weighted by Gasteiger charge is 2.25. The van der Waals surface area contributed by atoms with Crippen molar-refractivity contribution in [3.63, 3.8) is 0 Å². The van der Waals surface area contributed by atoms with Crippen LogP contribution in [0.25, 0.3) is 11.0 Å². The van der Waals surface area contributed by atoms with E-state index >= 15 is 0 Å². The number of hydrogen-bond donors (Lipinski definition) is 2. The highest BCUT2D eigenvalue weighted by Crippen LogP contribution is 2.32. The van der Waals surface area contributed by atoms with Crippen molar-refractivity contribution >= 4 is 32.4 Å². The molecule has 6 nitrogen and oxygen atoms in total. The van der Waals surface area contributed by atoms with Gasteiger partial charge in [-0.2, -0.15) is 0 Å². The van der Waals surface area contributed by atoms with E-state index in [1.807, 2.05) is 19.9 Å². The Morgan fingerprint density at radius 3 is 2.11 bits per heavy atom. The number of fused-ring (bicyclic) bond motifs is 1. The topological polar surface area (TPSA) is 88.4 Å². The van der Waals surface area contributed by atoms with E-state index in [1.165, 1.54) is 0 Å². The summed E-state index contributed by atoms with van der Waals surface area (Å²) in [5.41, 5.74) is 2.94. The maximum absolute atomic E-state index is 13.2.